The van der Waals surface area contributed by atoms with E-state index in [0.717, 1.165) is 49.4 Å². The molecule has 23 heavy (non-hydrogen) atoms. The van der Waals surface area contributed by atoms with Crippen LogP contribution < -0.4 is 10.6 Å². The summed E-state index contributed by atoms with van der Waals surface area (Å²) in [4.78, 5) is 12.5. The molecule has 0 spiro atoms. The van der Waals surface area contributed by atoms with Gasteiger partial charge in [0.15, 0.2) is 5.82 Å². The highest BCUT2D eigenvalue weighted by atomic mass is 16.2. The molecule has 1 aromatic heterocycles. The Morgan fingerprint density at radius 2 is 2.30 bits per heavy atom. The van der Waals surface area contributed by atoms with Crippen molar-refractivity contribution in [2.24, 2.45) is 5.41 Å². The smallest absolute Gasteiger partial charge is 0.231 e. The molecule has 120 valence electrons. The number of carbonyl (C=O) groups is 1. The Labute approximate surface area is 134 Å². The molecule has 7 nitrogen and oxygen atoms in total. The maximum atomic E-state index is 12.5. The molecule has 2 aromatic rings. The largest absolute Gasteiger partial charge is 0.326 e. The van der Waals surface area contributed by atoms with Crippen LogP contribution in [-0.2, 0) is 4.79 Å². The number of tetrazole rings is 1. The first-order valence-electron chi connectivity index (χ1n) is 8.06. The van der Waals surface area contributed by atoms with Crippen molar-refractivity contribution >= 4 is 11.6 Å². The summed E-state index contributed by atoms with van der Waals surface area (Å²) in [6.45, 7) is 3.61. The van der Waals surface area contributed by atoms with Crippen LogP contribution in [0.5, 0.6) is 0 Å². The minimum atomic E-state index is -0.342. The minimum absolute atomic E-state index is 0.0569. The van der Waals surface area contributed by atoms with Crippen molar-refractivity contribution in [2.75, 3.05) is 18.4 Å². The predicted molar refractivity (Wildman–Crippen MR) is 85.7 cm³/mol. The van der Waals surface area contributed by atoms with Crippen molar-refractivity contribution in [2.45, 2.75) is 32.2 Å². The maximum Gasteiger partial charge on any atom is 0.231 e. The lowest BCUT2D eigenvalue weighted by Crippen LogP contribution is -2.35. The van der Waals surface area contributed by atoms with E-state index in [2.05, 4.69) is 26.2 Å². The highest BCUT2D eigenvalue weighted by Crippen LogP contribution is 2.37. The number of hydrogen-bond donors (Lipinski definition) is 2. The average molecular weight is 312 g/mol. The summed E-state index contributed by atoms with van der Waals surface area (Å²) < 4.78 is 1.88. The number of aromatic nitrogens is 4. The van der Waals surface area contributed by atoms with Gasteiger partial charge in [0, 0.05) is 17.8 Å². The predicted octanol–water partition coefficient (Wildman–Crippen LogP) is 1.61. The van der Waals surface area contributed by atoms with Gasteiger partial charge in [0.1, 0.15) is 0 Å². The molecular formula is C16H20N6O. The van der Waals surface area contributed by atoms with Crippen molar-refractivity contribution in [1.82, 2.24) is 25.5 Å². The zero-order valence-electron chi connectivity index (χ0n) is 13.1. The van der Waals surface area contributed by atoms with Crippen LogP contribution in [0, 0.1) is 5.41 Å². The second-order valence-corrected chi connectivity index (χ2v) is 6.70. The molecule has 0 bridgehead atoms. The summed E-state index contributed by atoms with van der Waals surface area (Å²) >= 11 is 0. The van der Waals surface area contributed by atoms with Gasteiger partial charge in [-0.1, -0.05) is 12.1 Å². The van der Waals surface area contributed by atoms with Crippen LogP contribution in [0.3, 0.4) is 0 Å². The third kappa shape index (κ3) is 2.72. The molecule has 1 amide bonds. The second kappa shape index (κ2) is 5.42. The van der Waals surface area contributed by atoms with Gasteiger partial charge in [-0.15, -0.1) is 5.10 Å². The topological polar surface area (TPSA) is 84.7 Å². The minimum Gasteiger partial charge on any atom is -0.326 e. The number of rotatable bonds is 4. The fourth-order valence-electron chi connectivity index (χ4n) is 2.98. The number of benzene rings is 1. The molecule has 1 saturated heterocycles. The van der Waals surface area contributed by atoms with E-state index >= 15 is 0 Å². The first-order chi connectivity index (χ1) is 11.2. The molecule has 2 heterocycles. The lowest BCUT2D eigenvalue weighted by molar-refractivity contribution is -0.123. The van der Waals surface area contributed by atoms with E-state index in [4.69, 9.17) is 0 Å². The van der Waals surface area contributed by atoms with E-state index < -0.39 is 0 Å². The van der Waals surface area contributed by atoms with Crippen LogP contribution in [0.25, 0.3) is 11.4 Å². The lowest BCUT2D eigenvalue weighted by atomic mass is 9.88. The van der Waals surface area contributed by atoms with E-state index in [1.165, 1.54) is 0 Å². The van der Waals surface area contributed by atoms with Gasteiger partial charge in [-0.25, -0.2) is 4.68 Å². The number of hydrogen-bond acceptors (Lipinski definition) is 5. The standard InChI is InChI=1S/C16H20N6O/c1-16(7-8-17-10-16)15(23)18-12-4-2-3-11(9-12)14-19-20-21-22(14)13-5-6-13/h2-4,9,13,17H,5-8,10H2,1H3,(H,18,23). The number of anilines is 1. The molecule has 2 fully saturated rings. The van der Waals surface area contributed by atoms with E-state index in [1.807, 2.05) is 35.9 Å². The molecular weight excluding hydrogens is 292 g/mol. The highest BCUT2D eigenvalue weighted by Gasteiger charge is 2.36. The van der Waals surface area contributed by atoms with Gasteiger partial charge in [-0.3, -0.25) is 4.79 Å². The average Bonchev–Trinajstić information content (AvgIpc) is 3.09. The van der Waals surface area contributed by atoms with Crippen LogP contribution in [0.1, 0.15) is 32.2 Å². The fraction of sp³-hybridized carbons (Fsp3) is 0.500. The van der Waals surface area contributed by atoms with Gasteiger partial charge in [0.05, 0.1) is 11.5 Å². The molecule has 0 radical (unpaired) electrons. The van der Waals surface area contributed by atoms with Gasteiger partial charge in [0.2, 0.25) is 5.91 Å². The SMILES string of the molecule is CC1(C(=O)Nc2cccc(-c3nnnn3C3CC3)c2)CCNC1. The Balaban J connectivity index is 1.56. The molecule has 1 atom stereocenters. The van der Waals surface area contributed by atoms with Gasteiger partial charge in [0.25, 0.3) is 0 Å². The third-order valence-corrected chi connectivity index (χ3v) is 4.68. The van der Waals surface area contributed by atoms with Crippen LogP contribution >= 0.6 is 0 Å². The van der Waals surface area contributed by atoms with Crippen molar-refractivity contribution in [3.05, 3.63) is 24.3 Å². The van der Waals surface area contributed by atoms with E-state index in [0.29, 0.717) is 6.04 Å². The maximum absolute atomic E-state index is 12.5. The summed E-state index contributed by atoms with van der Waals surface area (Å²) in [5.74, 6) is 0.818. The zero-order valence-corrected chi connectivity index (χ0v) is 13.1. The molecule has 7 heteroatoms. The monoisotopic (exact) mass is 312 g/mol. The number of nitrogens with zero attached hydrogens (tertiary/aromatic N) is 4. The Hall–Kier alpha value is -2.28. The summed E-state index contributed by atoms with van der Waals surface area (Å²) in [6.07, 6.45) is 3.11. The summed E-state index contributed by atoms with van der Waals surface area (Å²) in [6, 6.07) is 8.15. The van der Waals surface area contributed by atoms with Crippen molar-refractivity contribution in [1.29, 1.82) is 0 Å². The van der Waals surface area contributed by atoms with E-state index in [9.17, 15) is 4.79 Å². The van der Waals surface area contributed by atoms with Crippen LogP contribution in [0.15, 0.2) is 24.3 Å². The van der Waals surface area contributed by atoms with E-state index in [-0.39, 0.29) is 11.3 Å². The van der Waals surface area contributed by atoms with Gasteiger partial charge in [-0.05, 0) is 55.3 Å². The molecule has 1 saturated carbocycles. The van der Waals surface area contributed by atoms with Crippen molar-refractivity contribution < 1.29 is 4.79 Å². The third-order valence-electron chi connectivity index (χ3n) is 4.68. The van der Waals surface area contributed by atoms with E-state index in [1.54, 1.807) is 0 Å². The van der Waals surface area contributed by atoms with Gasteiger partial charge >= 0.3 is 0 Å². The number of carbonyl (C=O) groups excluding carboxylic acids is 1. The quantitative estimate of drug-likeness (QED) is 0.896. The summed E-state index contributed by atoms with van der Waals surface area (Å²) in [5, 5.41) is 18.3. The van der Waals surface area contributed by atoms with Crippen LogP contribution in [0.4, 0.5) is 5.69 Å². The Morgan fingerprint density at radius 1 is 1.43 bits per heavy atom. The molecule has 1 unspecified atom stereocenters. The number of amides is 1. The molecule has 2 N–H and O–H groups in total. The van der Waals surface area contributed by atoms with Crippen LogP contribution in [0.2, 0.25) is 0 Å². The summed E-state index contributed by atoms with van der Waals surface area (Å²) in [5.41, 5.74) is 1.37. The van der Waals surface area contributed by atoms with Gasteiger partial charge < -0.3 is 10.6 Å². The Kier molecular flexibility index (Phi) is 3.37. The molecule has 1 aliphatic carbocycles. The molecule has 4 rings (SSSR count). The second-order valence-electron chi connectivity index (χ2n) is 6.70. The van der Waals surface area contributed by atoms with Crippen molar-refractivity contribution in [3.8, 4) is 11.4 Å². The van der Waals surface area contributed by atoms with Gasteiger partial charge in [-0.2, -0.15) is 0 Å². The van der Waals surface area contributed by atoms with Crippen molar-refractivity contribution in [3.63, 3.8) is 0 Å². The Bertz CT molecular complexity index is 730. The zero-order chi connectivity index (χ0) is 15.9. The lowest BCUT2D eigenvalue weighted by Gasteiger charge is -2.21. The first kappa shape index (κ1) is 14.3. The first-order valence-corrected chi connectivity index (χ1v) is 8.06. The number of nitrogens with one attached hydrogen (secondary N) is 2. The highest BCUT2D eigenvalue weighted by molar-refractivity contribution is 5.96. The fourth-order valence-corrected chi connectivity index (χ4v) is 2.98. The molecule has 1 aromatic carbocycles. The Morgan fingerprint density at radius 3 is 3.04 bits per heavy atom. The van der Waals surface area contributed by atoms with Crippen LogP contribution in [-0.4, -0.2) is 39.2 Å². The normalized spacial score (nSPS) is 23.9. The molecule has 2 aliphatic rings. The summed E-state index contributed by atoms with van der Waals surface area (Å²) in [7, 11) is 0. The molecule has 1 aliphatic heterocycles.